The summed E-state index contributed by atoms with van der Waals surface area (Å²) in [4.78, 5) is 40.2. The second-order valence-electron chi connectivity index (χ2n) is 6.71. The van der Waals surface area contributed by atoms with E-state index in [-0.39, 0.29) is 11.8 Å². The van der Waals surface area contributed by atoms with E-state index in [1.165, 1.54) is 11.3 Å². The first-order valence-electron chi connectivity index (χ1n) is 7.68. The van der Waals surface area contributed by atoms with Crippen LogP contribution in [-0.4, -0.2) is 58.9 Å². The molecule has 1 aliphatic carbocycles. The van der Waals surface area contributed by atoms with Gasteiger partial charge in [0, 0.05) is 26.2 Å². The molecule has 1 saturated carbocycles. The van der Waals surface area contributed by atoms with Crippen molar-refractivity contribution in [3.05, 3.63) is 22.4 Å². The zero-order valence-electron chi connectivity index (χ0n) is 13.2. The van der Waals surface area contributed by atoms with Gasteiger partial charge < -0.3 is 14.9 Å². The van der Waals surface area contributed by atoms with Crippen molar-refractivity contribution in [3.8, 4) is 0 Å². The number of thiophene rings is 1. The van der Waals surface area contributed by atoms with Crippen LogP contribution in [0.25, 0.3) is 0 Å². The summed E-state index contributed by atoms with van der Waals surface area (Å²) in [7, 11) is 0. The number of carboxylic acid groups (broad SMARTS) is 1. The molecule has 2 heterocycles. The van der Waals surface area contributed by atoms with Gasteiger partial charge in [-0.1, -0.05) is 19.9 Å². The number of rotatable bonds is 3. The zero-order chi connectivity index (χ0) is 16.8. The summed E-state index contributed by atoms with van der Waals surface area (Å²) < 4.78 is 0. The maximum Gasteiger partial charge on any atom is 0.307 e. The van der Waals surface area contributed by atoms with E-state index in [0.717, 1.165) is 0 Å². The minimum Gasteiger partial charge on any atom is -0.481 e. The van der Waals surface area contributed by atoms with E-state index in [0.29, 0.717) is 31.1 Å². The van der Waals surface area contributed by atoms with E-state index < -0.39 is 23.2 Å². The lowest BCUT2D eigenvalue weighted by Gasteiger charge is -2.35. The van der Waals surface area contributed by atoms with E-state index in [9.17, 15) is 19.5 Å². The lowest BCUT2D eigenvalue weighted by atomic mass is 10.1. The molecule has 0 bridgehead atoms. The maximum absolute atomic E-state index is 12.6. The molecule has 2 amide bonds. The Morgan fingerprint density at radius 2 is 1.74 bits per heavy atom. The Morgan fingerprint density at radius 3 is 2.22 bits per heavy atom. The molecule has 1 aromatic heterocycles. The molecular weight excluding hydrogens is 316 g/mol. The van der Waals surface area contributed by atoms with E-state index in [1.807, 2.05) is 25.3 Å². The van der Waals surface area contributed by atoms with Gasteiger partial charge in [-0.2, -0.15) is 0 Å². The van der Waals surface area contributed by atoms with Gasteiger partial charge in [-0.25, -0.2) is 0 Å². The van der Waals surface area contributed by atoms with E-state index in [4.69, 9.17) is 0 Å². The molecule has 1 saturated heterocycles. The molecule has 3 rings (SSSR count). The number of nitrogens with zero attached hydrogens (tertiary/aromatic N) is 2. The topological polar surface area (TPSA) is 77.9 Å². The summed E-state index contributed by atoms with van der Waals surface area (Å²) in [6.45, 7) is 5.57. The van der Waals surface area contributed by atoms with Gasteiger partial charge in [0.15, 0.2) is 0 Å². The van der Waals surface area contributed by atoms with Crippen molar-refractivity contribution in [1.29, 1.82) is 0 Å². The highest BCUT2D eigenvalue weighted by molar-refractivity contribution is 7.12. The quantitative estimate of drug-likeness (QED) is 0.905. The summed E-state index contributed by atoms with van der Waals surface area (Å²) in [5.74, 6) is -2.03. The largest absolute Gasteiger partial charge is 0.481 e. The SMILES string of the molecule is CC1(C)[C@H](C(=O)O)[C@@H]1C(=O)N1CCN(C(=O)c2cccs2)CC1. The number of amides is 2. The Morgan fingerprint density at radius 1 is 1.13 bits per heavy atom. The predicted octanol–water partition coefficient (Wildman–Crippen LogP) is 1.39. The molecule has 23 heavy (non-hydrogen) atoms. The van der Waals surface area contributed by atoms with Gasteiger partial charge in [0.25, 0.3) is 5.91 Å². The van der Waals surface area contributed by atoms with Gasteiger partial charge in [0.05, 0.1) is 16.7 Å². The minimum absolute atomic E-state index is 0.00210. The first-order valence-corrected chi connectivity index (χ1v) is 8.56. The predicted molar refractivity (Wildman–Crippen MR) is 85.2 cm³/mol. The van der Waals surface area contributed by atoms with Crippen LogP contribution in [0.1, 0.15) is 23.5 Å². The fourth-order valence-corrected chi connectivity index (χ4v) is 4.13. The van der Waals surface area contributed by atoms with Crippen LogP contribution in [0.5, 0.6) is 0 Å². The molecule has 0 unspecified atom stereocenters. The van der Waals surface area contributed by atoms with Crippen molar-refractivity contribution in [2.24, 2.45) is 17.3 Å². The van der Waals surface area contributed by atoms with Crippen LogP contribution in [0.3, 0.4) is 0 Å². The Hall–Kier alpha value is -1.89. The first-order chi connectivity index (χ1) is 10.8. The molecule has 124 valence electrons. The Balaban J connectivity index is 1.58. The summed E-state index contributed by atoms with van der Waals surface area (Å²) in [6.07, 6.45) is 0. The van der Waals surface area contributed by atoms with Gasteiger partial charge in [0.2, 0.25) is 5.91 Å². The minimum atomic E-state index is -0.903. The lowest BCUT2D eigenvalue weighted by molar-refractivity contribution is -0.142. The Labute approximate surface area is 138 Å². The van der Waals surface area contributed by atoms with Crippen LogP contribution in [0.15, 0.2) is 17.5 Å². The molecule has 6 nitrogen and oxygen atoms in total. The zero-order valence-corrected chi connectivity index (χ0v) is 14.0. The molecule has 1 aromatic rings. The number of hydrogen-bond acceptors (Lipinski definition) is 4. The third-order valence-electron chi connectivity index (χ3n) is 4.97. The lowest BCUT2D eigenvalue weighted by Crippen LogP contribution is -2.51. The van der Waals surface area contributed by atoms with Crippen LogP contribution in [0.2, 0.25) is 0 Å². The fourth-order valence-electron chi connectivity index (χ4n) is 3.44. The van der Waals surface area contributed by atoms with E-state index in [1.54, 1.807) is 15.9 Å². The monoisotopic (exact) mass is 336 g/mol. The third-order valence-corrected chi connectivity index (χ3v) is 5.83. The van der Waals surface area contributed by atoms with Crippen molar-refractivity contribution in [1.82, 2.24) is 9.80 Å². The molecule has 7 heteroatoms. The van der Waals surface area contributed by atoms with Crippen LogP contribution < -0.4 is 0 Å². The van der Waals surface area contributed by atoms with Crippen molar-refractivity contribution < 1.29 is 19.5 Å². The van der Waals surface area contributed by atoms with Gasteiger partial charge in [0.1, 0.15) is 0 Å². The Kier molecular flexibility index (Phi) is 3.91. The average molecular weight is 336 g/mol. The molecule has 2 aliphatic rings. The van der Waals surface area contributed by atoms with Crippen molar-refractivity contribution in [2.75, 3.05) is 26.2 Å². The summed E-state index contributed by atoms with van der Waals surface area (Å²) >= 11 is 1.41. The van der Waals surface area contributed by atoms with E-state index in [2.05, 4.69) is 0 Å². The normalized spacial score (nSPS) is 26.0. The smallest absolute Gasteiger partial charge is 0.307 e. The highest BCUT2D eigenvalue weighted by Crippen LogP contribution is 2.59. The van der Waals surface area contributed by atoms with E-state index >= 15 is 0 Å². The van der Waals surface area contributed by atoms with Gasteiger partial charge >= 0.3 is 5.97 Å². The highest BCUT2D eigenvalue weighted by Gasteiger charge is 2.66. The molecule has 0 spiro atoms. The number of hydrogen-bond donors (Lipinski definition) is 1. The van der Waals surface area contributed by atoms with Crippen molar-refractivity contribution in [3.63, 3.8) is 0 Å². The van der Waals surface area contributed by atoms with Gasteiger partial charge in [-0.15, -0.1) is 11.3 Å². The van der Waals surface area contributed by atoms with Crippen LogP contribution in [-0.2, 0) is 9.59 Å². The molecule has 1 N–H and O–H groups in total. The number of piperazine rings is 1. The number of carbonyl (C=O) groups excluding carboxylic acids is 2. The molecule has 0 aromatic carbocycles. The number of aliphatic carboxylic acids is 1. The second kappa shape index (κ2) is 5.63. The summed E-state index contributed by atoms with van der Waals surface area (Å²) in [5.41, 5.74) is -0.479. The first kappa shape index (κ1) is 16.0. The average Bonchev–Trinajstić information content (AvgIpc) is 2.90. The third kappa shape index (κ3) is 2.73. The number of carbonyl (C=O) groups is 3. The molecular formula is C16H20N2O4S. The molecule has 1 aliphatic heterocycles. The second-order valence-corrected chi connectivity index (χ2v) is 7.66. The fraction of sp³-hybridized carbons (Fsp3) is 0.562. The van der Waals surface area contributed by atoms with Crippen molar-refractivity contribution >= 4 is 29.1 Å². The van der Waals surface area contributed by atoms with Crippen LogP contribution >= 0.6 is 11.3 Å². The summed E-state index contributed by atoms with van der Waals surface area (Å²) in [6, 6.07) is 3.65. The molecule has 2 atom stereocenters. The van der Waals surface area contributed by atoms with Crippen LogP contribution in [0.4, 0.5) is 0 Å². The molecule has 2 fully saturated rings. The van der Waals surface area contributed by atoms with Crippen LogP contribution in [0, 0.1) is 17.3 Å². The van der Waals surface area contributed by atoms with Gasteiger partial charge in [-0.05, 0) is 16.9 Å². The van der Waals surface area contributed by atoms with Gasteiger partial charge in [-0.3, -0.25) is 14.4 Å². The molecule has 0 radical (unpaired) electrons. The maximum atomic E-state index is 12.6. The Bertz CT molecular complexity index is 633. The standard InChI is InChI=1S/C16H20N2O4S/c1-16(2)11(12(16)15(21)22)14(20)18-7-5-17(6-8-18)13(19)10-4-3-9-23-10/h3-4,9,11-12H,5-8H2,1-2H3,(H,21,22)/t11-,12+/m1/s1. The summed E-state index contributed by atoms with van der Waals surface area (Å²) in [5, 5.41) is 11.1. The highest BCUT2D eigenvalue weighted by atomic mass is 32.1. The van der Waals surface area contributed by atoms with Crippen molar-refractivity contribution in [2.45, 2.75) is 13.8 Å². The number of carboxylic acids is 1.